The Bertz CT molecular complexity index is 458. The summed E-state index contributed by atoms with van der Waals surface area (Å²) in [5.74, 6) is 0.106. The molecule has 0 radical (unpaired) electrons. The fraction of sp³-hybridized carbons (Fsp3) is 0.467. The summed E-state index contributed by atoms with van der Waals surface area (Å²) >= 11 is 0. The zero-order valence-electron chi connectivity index (χ0n) is 11.0. The minimum Gasteiger partial charge on any atom is -0.362 e. The van der Waals surface area contributed by atoms with Crippen LogP contribution in [0.5, 0.6) is 0 Å². The molecule has 4 nitrogen and oxygen atoms in total. The normalized spacial score (nSPS) is 18.7. The summed E-state index contributed by atoms with van der Waals surface area (Å²) in [7, 11) is 0. The van der Waals surface area contributed by atoms with Crippen molar-refractivity contribution >= 4 is 5.91 Å². The highest BCUT2D eigenvalue weighted by Gasteiger charge is 2.32. The fourth-order valence-electron chi connectivity index (χ4n) is 2.67. The van der Waals surface area contributed by atoms with Gasteiger partial charge in [0.25, 0.3) is 0 Å². The van der Waals surface area contributed by atoms with Crippen molar-refractivity contribution in [3.63, 3.8) is 0 Å². The van der Waals surface area contributed by atoms with E-state index in [0.29, 0.717) is 5.92 Å². The molecule has 1 aromatic carbocycles. The average molecular weight is 257 g/mol. The first kappa shape index (κ1) is 13.6. The summed E-state index contributed by atoms with van der Waals surface area (Å²) in [5.41, 5.74) is 6.60. The Morgan fingerprint density at radius 3 is 2.53 bits per heavy atom. The molecular weight excluding hydrogens is 238 g/mol. The van der Waals surface area contributed by atoms with Crippen molar-refractivity contribution < 1.29 is 4.79 Å². The molecule has 1 saturated heterocycles. The van der Waals surface area contributed by atoms with Crippen LogP contribution in [0.15, 0.2) is 30.3 Å². The number of nitrogens with two attached hydrogens (primary N) is 1. The number of hydrogen-bond donors (Lipinski definition) is 1. The maximum atomic E-state index is 11.2. The third-order valence-electron chi connectivity index (χ3n) is 3.74. The van der Waals surface area contributed by atoms with Gasteiger partial charge in [-0.25, -0.2) is 11.5 Å². The topological polar surface area (TPSA) is 50.7 Å². The van der Waals surface area contributed by atoms with Crippen LogP contribution in [0.1, 0.15) is 18.4 Å². The van der Waals surface area contributed by atoms with E-state index >= 15 is 0 Å². The first-order valence-electron chi connectivity index (χ1n) is 6.64. The van der Waals surface area contributed by atoms with Gasteiger partial charge in [-0.05, 0) is 30.7 Å². The van der Waals surface area contributed by atoms with Crippen molar-refractivity contribution in [1.29, 1.82) is 0 Å². The molecule has 2 rings (SSSR count). The minimum absolute atomic E-state index is 0.531. The molecule has 100 valence electrons. The molecule has 1 fully saturated rings. The summed E-state index contributed by atoms with van der Waals surface area (Å²) < 4.78 is 0. The van der Waals surface area contributed by atoms with Gasteiger partial charge in [0.1, 0.15) is 0 Å². The predicted molar refractivity (Wildman–Crippen MR) is 74.0 cm³/mol. The van der Waals surface area contributed by atoms with Crippen LogP contribution in [0.2, 0.25) is 0 Å². The van der Waals surface area contributed by atoms with Crippen LogP contribution >= 0.6 is 0 Å². The Morgan fingerprint density at radius 2 is 2.00 bits per heavy atom. The molecule has 4 heteroatoms. The molecule has 1 aliphatic rings. The van der Waals surface area contributed by atoms with E-state index in [1.165, 1.54) is 5.56 Å². The van der Waals surface area contributed by atoms with Gasteiger partial charge in [0, 0.05) is 13.1 Å². The SMILES string of the molecule is [C-]#[N+]C(C(N)=O)N1CCC(Cc2ccccc2)CC1. The minimum atomic E-state index is -0.780. The molecule has 1 unspecified atom stereocenters. The number of piperidine rings is 1. The van der Waals surface area contributed by atoms with Crippen LogP contribution in [-0.2, 0) is 11.2 Å². The summed E-state index contributed by atoms with van der Waals surface area (Å²) in [6.07, 6.45) is 2.34. The predicted octanol–water partition coefficient (Wildman–Crippen LogP) is 1.67. The molecule has 19 heavy (non-hydrogen) atoms. The van der Waals surface area contributed by atoms with Gasteiger partial charge in [0.2, 0.25) is 0 Å². The summed E-state index contributed by atoms with van der Waals surface area (Å²) in [6, 6.07) is 10.5. The van der Waals surface area contributed by atoms with E-state index in [1.54, 1.807) is 0 Å². The number of carbonyl (C=O) groups excluding carboxylic acids is 1. The fourth-order valence-corrected chi connectivity index (χ4v) is 2.67. The van der Waals surface area contributed by atoms with Crippen LogP contribution < -0.4 is 5.73 Å². The number of carbonyl (C=O) groups is 1. The van der Waals surface area contributed by atoms with E-state index in [2.05, 4.69) is 29.1 Å². The second kappa shape index (κ2) is 6.35. The van der Waals surface area contributed by atoms with E-state index in [1.807, 2.05) is 11.0 Å². The van der Waals surface area contributed by atoms with Crippen LogP contribution in [-0.4, -0.2) is 30.1 Å². The van der Waals surface area contributed by atoms with Crippen LogP contribution in [0.3, 0.4) is 0 Å². The Hall–Kier alpha value is -1.86. The van der Waals surface area contributed by atoms with Gasteiger partial charge < -0.3 is 5.73 Å². The molecule has 1 amide bonds. The highest BCUT2D eigenvalue weighted by atomic mass is 16.1. The van der Waals surface area contributed by atoms with Crippen molar-refractivity contribution in [1.82, 2.24) is 4.90 Å². The third-order valence-corrected chi connectivity index (χ3v) is 3.74. The first-order chi connectivity index (χ1) is 9.20. The van der Waals surface area contributed by atoms with E-state index in [-0.39, 0.29) is 0 Å². The lowest BCUT2D eigenvalue weighted by molar-refractivity contribution is -0.122. The number of rotatable bonds is 4. The average Bonchev–Trinajstić information content (AvgIpc) is 2.42. The van der Waals surface area contributed by atoms with Crippen molar-refractivity contribution in [3.05, 3.63) is 47.3 Å². The van der Waals surface area contributed by atoms with Crippen molar-refractivity contribution in [3.8, 4) is 0 Å². The van der Waals surface area contributed by atoms with E-state index in [0.717, 1.165) is 32.4 Å². The molecular formula is C15H19N3O. The lowest BCUT2D eigenvalue weighted by atomic mass is 9.90. The smallest absolute Gasteiger partial charge is 0.357 e. The molecule has 1 atom stereocenters. The number of hydrogen-bond acceptors (Lipinski definition) is 2. The van der Waals surface area contributed by atoms with E-state index in [9.17, 15) is 4.79 Å². The van der Waals surface area contributed by atoms with E-state index < -0.39 is 12.1 Å². The van der Waals surface area contributed by atoms with Crippen LogP contribution in [0, 0.1) is 12.5 Å². The monoisotopic (exact) mass is 257 g/mol. The van der Waals surface area contributed by atoms with Gasteiger partial charge in [-0.1, -0.05) is 30.3 Å². The molecule has 0 spiro atoms. The zero-order chi connectivity index (χ0) is 13.7. The molecule has 0 aliphatic carbocycles. The van der Waals surface area contributed by atoms with Gasteiger partial charge in [-0.15, -0.1) is 0 Å². The Morgan fingerprint density at radius 1 is 1.37 bits per heavy atom. The Labute approximate surface area is 114 Å². The highest BCUT2D eigenvalue weighted by Crippen LogP contribution is 2.23. The second-order valence-corrected chi connectivity index (χ2v) is 5.07. The maximum absolute atomic E-state index is 11.2. The molecule has 2 N–H and O–H groups in total. The number of benzene rings is 1. The molecule has 1 aromatic rings. The van der Waals surface area contributed by atoms with Gasteiger partial charge in [0.15, 0.2) is 0 Å². The molecule has 0 saturated carbocycles. The van der Waals surface area contributed by atoms with Gasteiger partial charge in [0.05, 0.1) is 0 Å². The van der Waals surface area contributed by atoms with Crippen LogP contribution in [0.4, 0.5) is 0 Å². The van der Waals surface area contributed by atoms with Gasteiger partial charge >= 0.3 is 12.1 Å². The second-order valence-electron chi connectivity index (χ2n) is 5.07. The number of nitrogens with zero attached hydrogens (tertiary/aromatic N) is 2. The third kappa shape index (κ3) is 3.55. The van der Waals surface area contributed by atoms with Crippen molar-refractivity contribution in [2.45, 2.75) is 25.4 Å². The van der Waals surface area contributed by atoms with E-state index in [4.69, 9.17) is 12.3 Å². The summed E-state index contributed by atoms with van der Waals surface area (Å²) in [4.78, 5) is 16.4. The number of primary amides is 1. The molecule has 1 heterocycles. The quantitative estimate of drug-likeness (QED) is 0.834. The van der Waals surface area contributed by atoms with Crippen molar-refractivity contribution in [2.75, 3.05) is 13.1 Å². The van der Waals surface area contributed by atoms with Gasteiger partial charge in [-0.3, -0.25) is 9.64 Å². The molecule has 0 aromatic heterocycles. The summed E-state index contributed by atoms with van der Waals surface area (Å²) in [6.45, 7) is 8.61. The molecule has 0 bridgehead atoms. The number of likely N-dealkylation sites (tertiary alicyclic amines) is 1. The first-order valence-corrected chi connectivity index (χ1v) is 6.64. The highest BCUT2D eigenvalue weighted by molar-refractivity contribution is 5.81. The lowest BCUT2D eigenvalue weighted by Crippen LogP contribution is -2.46. The lowest BCUT2D eigenvalue weighted by Gasteiger charge is -2.31. The van der Waals surface area contributed by atoms with Gasteiger partial charge in [-0.2, -0.15) is 0 Å². The molecule has 1 aliphatic heterocycles. The van der Waals surface area contributed by atoms with Crippen molar-refractivity contribution in [2.24, 2.45) is 11.7 Å². The Kier molecular flexibility index (Phi) is 4.53. The Balaban J connectivity index is 1.86. The van der Waals surface area contributed by atoms with Crippen LogP contribution in [0.25, 0.3) is 4.85 Å². The number of amides is 1. The maximum Gasteiger partial charge on any atom is 0.357 e. The standard InChI is InChI=1S/C15H19N3O/c1-17-15(14(16)19)18-9-7-13(8-10-18)11-12-5-3-2-4-6-12/h2-6,13,15H,7-11H2,(H2,16,19). The zero-order valence-corrected chi connectivity index (χ0v) is 11.0. The largest absolute Gasteiger partial charge is 0.362 e. The summed E-state index contributed by atoms with van der Waals surface area (Å²) in [5, 5.41) is 0.